The van der Waals surface area contributed by atoms with Gasteiger partial charge < -0.3 is 9.47 Å². The van der Waals surface area contributed by atoms with Gasteiger partial charge in [-0.3, -0.25) is 19.6 Å². The Morgan fingerprint density at radius 3 is 2.21 bits per heavy atom. The predicted octanol–water partition coefficient (Wildman–Crippen LogP) is 3.43. The standard InChI is InChI=1S/C30H23N5O4/c1-38-18-13-11-16(12-14-18)34-29(36)22-23(30(34)37)28-26-24(27(22)39-28)25(33-35(26)17-7-3-2-4-8-17)21-15-31-19-9-5-6-10-20(19)32-21/h2-15,22-24,26-28H,1H3/t22-,23+,24+,26-,27-,28+/m0/s1. The number of fused-ring (bicyclic) bond motifs is 9. The first kappa shape index (κ1) is 22.4. The van der Waals surface area contributed by atoms with E-state index in [0.29, 0.717) is 17.1 Å². The van der Waals surface area contributed by atoms with Crippen LogP contribution in [0.1, 0.15) is 5.69 Å². The molecule has 0 unspecified atom stereocenters. The summed E-state index contributed by atoms with van der Waals surface area (Å²) in [5.41, 5.74) is 4.39. The lowest BCUT2D eigenvalue weighted by atomic mass is 9.70. The molecule has 2 amide bonds. The molecule has 4 aliphatic heterocycles. The molecule has 192 valence electrons. The van der Waals surface area contributed by atoms with Crippen molar-refractivity contribution >= 4 is 39.9 Å². The highest BCUT2D eigenvalue weighted by atomic mass is 16.5. The van der Waals surface area contributed by atoms with Crippen LogP contribution in [0.15, 0.2) is 90.2 Å². The summed E-state index contributed by atoms with van der Waals surface area (Å²) in [6, 6.07) is 24.3. The first-order chi connectivity index (χ1) is 19.1. The summed E-state index contributed by atoms with van der Waals surface area (Å²) in [7, 11) is 1.58. The first-order valence-corrected chi connectivity index (χ1v) is 13.0. The normalized spacial score (nSPS) is 28.7. The van der Waals surface area contributed by atoms with Gasteiger partial charge >= 0.3 is 0 Å². The van der Waals surface area contributed by atoms with Crippen LogP contribution in [0, 0.1) is 17.8 Å². The highest BCUT2D eigenvalue weighted by Crippen LogP contribution is 2.56. The van der Waals surface area contributed by atoms with Crippen LogP contribution < -0.4 is 14.6 Å². The van der Waals surface area contributed by atoms with Gasteiger partial charge in [-0.15, -0.1) is 0 Å². The van der Waals surface area contributed by atoms with Gasteiger partial charge in [-0.25, -0.2) is 9.88 Å². The second-order valence-electron chi connectivity index (χ2n) is 10.3. The van der Waals surface area contributed by atoms with E-state index < -0.39 is 24.0 Å². The molecule has 3 saturated heterocycles. The average Bonchev–Trinajstić information content (AvgIpc) is 3.72. The van der Waals surface area contributed by atoms with E-state index in [1.165, 1.54) is 4.90 Å². The number of nitrogens with zero attached hydrogens (tertiary/aromatic N) is 5. The number of imide groups is 1. The fraction of sp³-hybridized carbons (Fsp3) is 0.233. The molecule has 3 fully saturated rings. The summed E-state index contributed by atoms with van der Waals surface area (Å²) in [5, 5.41) is 7.00. The van der Waals surface area contributed by atoms with Crippen LogP contribution >= 0.6 is 0 Å². The van der Waals surface area contributed by atoms with E-state index in [-0.39, 0.29) is 23.8 Å². The Bertz CT molecular complexity index is 1670. The van der Waals surface area contributed by atoms with Crippen LogP contribution in [0.25, 0.3) is 11.0 Å². The van der Waals surface area contributed by atoms with Gasteiger partial charge in [0.2, 0.25) is 11.8 Å². The van der Waals surface area contributed by atoms with Crippen LogP contribution in [0.2, 0.25) is 0 Å². The quantitative estimate of drug-likeness (QED) is 0.383. The summed E-state index contributed by atoms with van der Waals surface area (Å²) in [6.07, 6.45) is 0.756. The molecule has 0 radical (unpaired) electrons. The molecule has 2 bridgehead atoms. The number of methoxy groups -OCH3 is 1. The SMILES string of the molecule is COc1ccc(N2C(=O)[C@@H]3[C@@H]4O[C@H]([C@@H]3C2=O)[C@@H]2[C@H]4C(c3cnc4ccccc4n3)=NN2c2ccccc2)cc1. The second-order valence-corrected chi connectivity index (χ2v) is 10.3. The van der Waals surface area contributed by atoms with E-state index in [0.717, 1.165) is 22.4 Å². The Labute approximate surface area is 223 Å². The van der Waals surface area contributed by atoms with Crippen LogP contribution in [-0.2, 0) is 14.3 Å². The number of anilines is 2. The van der Waals surface area contributed by atoms with Crippen molar-refractivity contribution in [3.63, 3.8) is 0 Å². The fourth-order valence-electron chi connectivity index (χ4n) is 6.71. The van der Waals surface area contributed by atoms with Crippen molar-refractivity contribution in [2.24, 2.45) is 22.9 Å². The number of ether oxygens (including phenoxy) is 2. The number of hydrogen-bond acceptors (Lipinski definition) is 8. The lowest BCUT2D eigenvalue weighted by Gasteiger charge is -2.32. The maximum Gasteiger partial charge on any atom is 0.240 e. The number of benzene rings is 3. The Kier molecular flexibility index (Phi) is 4.69. The Morgan fingerprint density at radius 2 is 1.46 bits per heavy atom. The number of para-hydroxylation sites is 3. The molecule has 0 spiro atoms. The Balaban J connectivity index is 1.22. The molecule has 8 rings (SSSR count). The zero-order valence-electron chi connectivity index (χ0n) is 20.9. The van der Waals surface area contributed by atoms with E-state index >= 15 is 0 Å². The minimum atomic E-state index is -0.583. The molecule has 0 N–H and O–H groups in total. The van der Waals surface area contributed by atoms with Crippen molar-refractivity contribution < 1.29 is 19.1 Å². The van der Waals surface area contributed by atoms with Crippen molar-refractivity contribution in [2.45, 2.75) is 18.2 Å². The van der Waals surface area contributed by atoms with Gasteiger partial charge in [-0.2, -0.15) is 5.10 Å². The number of aromatic nitrogens is 2. The molecule has 0 aliphatic carbocycles. The van der Waals surface area contributed by atoms with E-state index in [2.05, 4.69) is 4.98 Å². The number of hydrazone groups is 1. The zero-order valence-corrected chi connectivity index (χ0v) is 20.9. The molecule has 4 aromatic rings. The van der Waals surface area contributed by atoms with Gasteiger partial charge in [0.1, 0.15) is 11.4 Å². The summed E-state index contributed by atoms with van der Waals surface area (Å²) < 4.78 is 11.8. The van der Waals surface area contributed by atoms with E-state index in [4.69, 9.17) is 19.6 Å². The maximum absolute atomic E-state index is 13.8. The van der Waals surface area contributed by atoms with Gasteiger partial charge in [0, 0.05) is 0 Å². The minimum absolute atomic E-state index is 0.229. The van der Waals surface area contributed by atoms with E-state index in [1.54, 1.807) is 37.6 Å². The number of rotatable bonds is 4. The molecule has 6 atom stereocenters. The fourth-order valence-corrected chi connectivity index (χ4v) is 6.71. The van der Waals surface area contributed by atoms with Crippen LogP contribution in [0.3, 0.4) is 0 Å². The van der Waals surface area contributed by atoms with Gasteiger partial charge in [-0.05, 0) is 48.5 Å². The summed E-state index contributed by atoms with van der Waals surface area (Å²) in [6.45, 7) is 0. The highest BCUT2D eigenvalue weighted by Gasteiger charge is 2.72. The van der Waals surface area contributed by atoms with Crippen molar-refractivity contribution in [1.29, 1.82) is 0 Å². The van der Waals surface area contributed by atoms with Crippen molar-refractivity contribution in [2.75, 3.05) is 17.0 Å². The van der Waals surface area contributed by atoms with Crippen molar-refractivity contribution in [3.05, 3.63) is 90.8 Å². The molecule has 1 aromatic heterocycles. The number of carbonyl (C=O) groups excluding carboxylic acids is 2. The molecule has 9 heteroatoms. The molecule has 3 aromatic carbocycles. The first-order valence-electron chi connectivity index (χ1n) is 13.0. The molecule has 4 aliphatic rings. The average molecular weight is 518 g/mol. The van der Waals surface area contributed by atoms with Crippen LogP contribution in [0.4, 0.5) is 11.4 Å². The Hall–Kier alpha value is -4.63. The second kappa shape index (κ2) is 8.18. The minimum Gasteiger partial charge on any atom is -0.497 e. The van der Waals surface area contributed by atoms with Gasteiger partial charge in [-0.1, -0.05) is 30.3 Å². The largest absolute Gasteiger partial charge is 0.497 e. The third-order valence-corrected chi connectivity index (χ3v) is 8.35. The van der Waals surface area contributed by atoms with Gasteiger partial charge in [0.05, 0.1) is 77.4 Å². The molecular formula is C30H23N5O4. The zero-order chi connectivity index (χ0) is 26.2. The number of amides is 2. The van der Waals surface area contributed by atoms with Crippen LogP contribution in [0.5, 0.6) is 5.75 Å². The van der Waals surface area contributed by atoms with Crippen molar-refractivity contribution in [1.82, 2.24) is 9.97 Å². The molecule has 39 heavy (non-hydrogen) atoms. The summed E-state index contributed by atoms with van der Waals surface area (Å²) in [5.74, 6) is -1.20. The summed E-state index contributed by atoms with van der Waals surface area (Å²) >= 11 is 0. The maximum atomic E-state index is 13.8. The molecule has 0 saturated carbocycles. The topological polar surface area (TPSA) is 97.2 Å². The lowest BCUT2D eigenvalue weighted by Crippen LogP contribution is -2.50. The van der Waals surface area contributed by atoms with E-state index in [9.17, 15) is 9.59 Å². The number of hydrogen-bond donors (Lipinski definition) is 0. The van der Waals surface area contributed by atoms with E-state index in [1.807, 2.05) is 59.6 Å². The third kappa shape index (κ3) is 3.07. The predicted molar refractivity (Wildman–Crippen MR) is 143 cm³/mol. The molecule has 5 heterocycles. The monoisotopic (exact) mass is 517 g/mol. The van der Waals surface area contributed by atoms with Gasteiger partial charge in [0.25, 0.3) is 0 Å². The number of carbonyl (C=O) groups is 2. The van der Waals surface area contributed by atoms with Crippen LogP contribution in [-0.4, -0.2) is 52.9 Å². The molecule has 9 nitrogen and oxygen atoms in total. The smallest absolute Gasteiger partial charge is 0.240 e. The third-order valence-electron chi connectivity index (χ3n) is 8.35. The Morgan fingerprint density at radius 1 is 0.769 bits per heavy atom. The summed E-state index contributed by atoms with van der Waals surface area (Å²) in [4.78, 5) is 38.4. The molecular weight excluding hydrogens is 494 g/mol. The lowest BCUT2D eigenvalue weighted by molar-refractivity contribution is -0.125. The van der Waals surface area contributed by atoms with Crippen molar-refractivity contribution in [3.8, 4) is 5.75 Å². The van der Waals surface area contributed by atoms with Gasteiger partial charge in [0.15, 0.2) is 0 Å². The highest BCUT2D eigenvalue weighted by molar-refractivity contribution is 6.23.